The maximum absolute atomic E-state index is 13.5. The minimum Gasteiger partial charge on any atom is -0.352 e. The van der Waals surface area contributed by atoms with Gasteiger partial charge in [-0.1, -0.05) is 66.9 Å². The van der Waals surface area contributed by atoms with E-state index in [1.54, 1.807) is 36.1 Å². The van der Waals surface area contributed by atoms with Crippen LogP contribution in [0.4, 0.5) is 5.69 Å². The molecule has 0 spiro atoms. The van der Waals surface area contributed by atoms with Gasteiger partial charge in [-0.05, 0) is 55.3 Å². The van der Waals surface area contributed by atoms with Crippen molar-refractivity contribution in [3.8, 4) is 0 Å². The summed E-state index contributed by atoms with van der Waals surface area (Å²) >= 11 is 6.39. The Morgan fingerprint density at radius 1 is 1.05 bits per heavy atom. The van der Waals surface area contributed by atoms with Gasteiger partial charge in [-0.15, -0.1) is 0 Å². The molecule has 0 aromatic heterocycles. The van der Waals surface area contributed by atoms with Crippen molar-refractivity contribution >= 4 is 49.9 Å². The highest BCUT2D eigenvalue weighted by Gasteiger charge is 2.35. The highest BCUT2D eigenvalue weighted by molar-refractivity contribution is 7.93. The van der Waals surface area contributed by atoms with Crippen molar-refractivity contribution in [2.45, 2.75) is 69.0 Å². The zero-order chi connectivity index (χ0) is 26.9. The van der Waals surface area contributed by atoms with Crippen LogP contribution in [-0.2, 0) is 26.2 Å². The first-order valence-corrected chi connectivity index (χ1v) is 15.0. The van der Waals surface area contributed by atoms with Crippen LogP contribution in [0.1, 0.15) is 51.0 Å². The molecule has 9 heteroatoms. The van der Waals surface area contributed by atoms with Crippen LogP contribution in [0.5, 0.6) is 0 Å². The van der Waals surface area contributed by atoms with Crippen molar-refractivity contribution < 1.29 is 18.0 Å². The number of nitrogens with zero attached hydrogens (tertiary/aromatic N) is 2. The maximum atomic E-state index is 13.5. The van der Waals surface area contributed by atoms with Gasteiger partial charge < -0.3 is 10.2 Å². The van der Waals surface area contributed by atoms with Crippen molar-refractivity contribution in [2.24, 2.45) is 0 Å². The molecule has 3 aromatic carbocycles. The van der Waals surface area contributed by atoms with Gasteiger partial charge in [0.1, 0.15) is 6.04 Å². The molecule has 1 heterocycles. The molecule has 1 N–H and O–H groups in total. The zero-order valence-electron chi connectivity index (χ0n) is 21.4. The van der Waals surface area contributed by atoms with Gasteiger partial charge >= 0.3 is 0 Å². The molecule has 0 unspecified atom stereocenters. The first kappa shape index (κ1) is 26.5. The SMILES string of the molecule is C[C@@H](C(=O)NC1CCCC1)N(Cc1ccccc1Cl)C(=O)CCCN1c2cccc3cccc(c23)S1(=O)=O. The number of amides is 2. The molecule has 0 saturated heterocycles. The average Bonchev–Trinajstić information content (AvgIpc) is 3.49. The Morgan fingerprint density at radius 2 is 1.76 bits per heavy atom. The van der Waals surface area contributed by atoms with Gasteiger partial charge in [0.2, 0.25) is 11.8 Å². The number of halogens is 1. The van der Waals surface area contributed by atoms with Crippen LogP contribution in [0.2, 0.25) is 5.02 Å². The van der Waals surface area contributed by atoms with E-state index in [-0.39, 0.29) is 37.4 Å². The summed E-state index contributed by atoms with van der Waals surface area (Å²) in [6.07, 6.45) is 4.52. The Kier molecular flexibility index (Phi) is 7.63. The van der Waals surface area contributed by atoms with Crippen molar-refractivity contribution in [3.05, 3.63) is 71.2 Å². The first-order chi connectivity index (χ1) is 18.3. The van der Waals surface area contributed by atoms with Crippen LogP contribution in [0.15, 0.2) is 65.6 Å². The molecule has 200 valence electrons. The molecule has 3 aromatic rings. The molecule has 1 aliphatic carbocycles. The average molecular weight is 554 g/mol. The number of sulfonamides is 1. The van der Waals surface area contributed by atoms with Crippen LogP contribution >= 0.6 is 11.6 Å². The minimum absolute atomic E-state index is 0.101. The number of anilines is 1. The fraction of sp³-hybridized carbons (Fsp3) is 0.379. The molecule has 1 atom stereocenters. The van der Waals surface area contributed by atoms with Gasteiger partial charge in [0, 0.05) is 36.0 Å². The second-order valence-corrected chi connectivity index (χ2v) is 12.3. The van der Waals surface area contributed by atoms with Gasteiger partial charge in [-0.2, -0.15) is 0 Å². The summed E-state index contributed by atoms with van der Waals surface area (Å²) in [5, 5.41) is 5.22. The van der Waals surface area contributed by atoms with Gasteiger partial charge in [0.15, 0.2) is 0 Å². The standard InChI is InChI=1S/C29H32ClN3O4S/c1-20(29(35)31-23-12-3-4-13-23)32(19-22-9-2-5-14-24(22)30)27(34)17-8-18-33-25-15-6-10-21-11-7-16-26(28(21)25)38(33,36)37/h2,5-7,9-11,14-16,20,23H,3-4,8,12-13,17-19H2,1H3,(H,31,35)/t20-/m0/s1. The summed E-state index contributed by atoms with van der Waals surface area (Å²) in [5.41, 5.74) is 1.40. The number of carbonyl (C=O) groups excluding carboxylic acids is 2. The highest BCUT2D eigenvalue weighted by atomic mass is 35.5. The normalized spacial score (nSPS) is 17.1. The summed E-state index contributed by atoms with van der Waals surface area (Å²) in [6.45, 7) is 2.11. The largest absolute Gasteiger partial charge is 0.352 e. The van der Waals surface area contributed by atoms with Gasteiger partial charge in [0.25, 0.3) is 10.0 Å². The van der Waals surface area contributed by atoms with Crippen molar-refractivity contribution in [2.75, 3.05) is 10.8 Å². The van der Waals surface area contributed by atoms with Crippen LogP contribution < -0.4 is 9.62 Å². The lowest BCUT2D eigenvalue weighted by atomic mass is 10.1. The molecule has 0 radical (unpaired) electrons. The Hall–Kier alpha value is -3.10. The predicted octanol–water partition coefficient (Wildman–Crippen LogP) is 5.26. The van der Waals surface area contributed by atoms with Crippen molar-refractivity contribution in [1.29, 1.82) is 0 Å². The summed E-state index contributed by atoms with van der Waals surface area (Å²) in [5.74, 6) is -0.395. The first-order valence-electron chi connectivity index (χ1n) is 13.1. The lowest BCUT2D eigenvalue weighted by molar-refractivity contribution is -0.140. The lowest BCUT2D eigenvalue weighted by Gasteiger charge is -2.30. The van der Waals surface area contributed by atoms with E-state index in [1.807, 2.05) is 36.4 Å². The smallest absolute Gasteiger partial charge is 0.265 e. The summed E-state index contributed by atoms with van der Waals surface area (Å²) in [7, 11) is -3.69. The van der Waals surface area contributed by atoms with E-state index in [2.05, 4.69) is 5.32 Å². The molecule has 5 rings (SSSR count). The van der Waals surface area contributed by atoms with E-state index in [0.717, 1.165) is 42.0 Å². The molecule has 1 saturated carbocycles. The minimum atomic E-state index is -3.69. The third-order valence-electron chi connectivity index (χ3n) is 7.60. The number of nitrogens with one attached hydrogen (secondary N) is 1. The number of carbonyl (C=O) groups is 2. The molecule has 38 heavy (non-hydrogen) atoms. The fourth-order valence-electron chi connectivity index (χ4n) is 5.50. The number of hydrogen-bond acceptors (Lipinski definition) is 4. The van der Waals surface area contributed by atoms with E-state index >= 15 is 0 Å². The third-order valence-corrected chi connectivity index (χ3v) is 9.82. The van der Waals surface area contributed by atoms with Crippen LogP contribution in [0.3, 0.4) is 0 Å². The zero-order valence-corrected chi connectivity index (χ0v) is 23.0. The van der Waals surface area contributed by atoms with E-state index in [9.17, 15) is 18.0 Å². The second-order valence-electron chi connectivity index (χ2n) is 10.1. The topological polar surface area (TPSA) is 86.8 Å². The third kappa shape index (κ3) is 5.12. The van der Waals surface area contributed by atoms with Crippen molar-refractivity contribution in [1.82, 2.24) is 10.2 Å². The summed E-state index contributed by atoms with van der Waals surface area (Å²) < 4.78 is 28.0. The quantitative estimate of drug-likeness (QED) is 0.392. The Labute approximate surface area is 228 Å². The van der Waals surface area contributed by atoms with Gasteiger partial charge in [0.05, 0.1) is 10.6 Å². The number of hydrogen-bond donors (Lipinski definition) is 1. The van der Waals surface area contributed by atoms with E-state index < -0.39 is 16.1 Å². The molecular weight excluding hydrogens is 522 g/mol. The molecule has 1 aliphatic heterocycles. The van der Waals surface area contributed by atoms with Gasteiger partial charge in [-0.25, -0.2) is 8.42 Å². The summed E-state index contributed by atoms with van der Waals surface area (Å²) in [6, 6.07) is 17.6. The lowest BCUT2D eigenvalue weighted by Crippen LogP contribution is -2.49. The molecule has 7 nitrogen and oxygen atoms in total. The maximum Gasteiger partial charge on any atom is 0.265 e. The molecule has 0 bridgehead atoms. The Morgan fingerprint density at radius 3 is 2.50 bits per heavy atom. The molecule has 2 amide bonds. The molecule has 1 fully saturated rings. The number of rotatable bonds is 9. The Bertz CT molecular complexity index is 1460. The van der Waals surface area contributed by atoms with Crippen LogP contribution in [0.25, 0.3) is 10.8 Å². The monoisotopic (exact) mass is 553 g/mol. The summed E-state index contributed by atoms with van der Waals surface area (Å²) in [4.78, 5) is 28.5. The number of benzene rings is 3. The second kappa shape index (κ2) is 10.9. The van der Waals surface area contributed by atoms with Gasteiger partial charge in [-0.3, -0.25) is 13.9 Å². The molecular formula is C29H32ClN3O4S. The van der Waals surface area contributed by atoms with E-state index in [4.69, 9.17) is 11.6 Å². The Balaban J connectivity index is 1.30. The van der Waals surface area contributed by atoms with E-state index in [0.29, 0.717) is 22.0 Å². The highest BCUT2D eigenvalue weighted by Crippen LogP contribution is 2.42. The molecule has 2 aliphatic rings. The fourth-order valence-corrected chi connectivity index (χ4v) is 7.45. The van der Waals surface area contributed by atoms with Crippen LogP contribution in [0, 0.1) is 0 Å². The predicted molar refractivity (Wildman–Crippen MR) is 150 cm³/mol. The van der Waals surface area contributed by atoms with Crippen LogP contribution in [-0.4, -0.2) is 43.8 Å². The van der Waals surface area contributed by atoms with Crippen molar-refractivity contribution in [3.63, 3.8) is 0 Å². The van der Waals surface area contributed by atoms with E-state index in [1.165, 1.54) is 4.31 Å².